The fourth-order valence-corrected chi connectivity index (χ4v) is 2.63. The average Bonchev–Trinajstić information content (AvgIpc) is 2.54. The molecule has 0 unspecified atom stereocenters. The van der Waals surface area contributed by atoms with Gasteiger partial charge in [-0.3, -0.25) is 4.79 Å². The predicted molar refractivity (Wildman–Crippen MR) is 96.3 cm³/mol. The zero-order valence-corrected chi connectivity index (χ0v) is 14.9. The highest BCUT2D eigenvalue weighted by Gasteiger charge is 1.96. The minimum atomic E-state index is -0.0228. The maximum Gasteiger partial charge on any atom is 0.180 e. The lowest BCUT2D eigenvalue weighted by molar-refractivity contribution is -0.118. The number of carbonyl (C=O) groups is 1. The number of hydrogen-bond acceptors (Lipinski definition) is 2. The van der Waals surface area contributed by atoms with E-state index in [9.17, 15) is 4.79 Å². The molecular formula is C20H38O2. The molecule has 0 bridgehead atoms. The molecule has 0 spiro atoms. The third-order valence-electron chi connectivity index (χ3n) is 4.11. The van der Waals surface area contributed by atoms with E-state index in [1.165, 1.54) is 89.5 Å². The SMILES string of the molecule is C=CC(=O)COCCCCCCCCCCCCCCCC. The first-order valence-electron chi connectivity index (χ1n) is 9.54. The highest BCUT2D eigenvalue weighted by molar-refractivity contribution is 5.90. The maximum absolute atomic E-state index is 10.9. The minimum Gasteiger partial charge on any atom is -0.373 e. The van der Waals surface area contributed by atoms with Crippen LogP contribution in [0.1, 0.15) is 96.8 Å². The molecule has 0 aliphatic rings. The summed E-state index contributed by atoms with van der Waals surface area (Å²) in [6, 6.07) is 0. The molecule has 0 aromatic rings. The summed E-state index contributed by atoms with van der Waals surface area (Å²) in [6.07, 6.45) is 20.4. The first kappa shape index (κ1) is 21.4. The molecule has 0 fully saturated rings. The quantitative estimate of drug-likeness (QED) is 0.221. The van der Waals surface area contributed by atoms with Gasteiger partial charge in [0.15, 0.2) is 5.78 Å². The van der Waals surface area contributed by atoms with Crippen molar-refractivity contribution in [1.82, 2.24) is 0 Å². The zero-order valence-electron chi connectivity index (χ0n) is 14.9. The van der Waals surface area contributed by atoms with Gasteiger partial charge >= 0.3 is 0 Å². The molecule has 0 saturated carbocycles. The second-order valence-electron chi connectivity index (χ2n) is 6.32. The van der Waals surface area contributed by atoms with Crippen LogP contribution in [0.5, 0.6) is 0 Å². The van der Waals surface area contributed by atoms with E-state index >= 15 is 0 Å². The van der Waals surface area contributed by atoms with Crippen molar-refractivity contribution in [2.45, 2.75) is 96.8 Å². The molecule has 130 valence electrons. The van der Waals surface area contributed by atoms with E-state index in [4.69, 9.17) is 4.74 Å². The lowest BCUT2D eigenvalue weighted by Gasteiger charge is -2.04. The molecule has 0 N–H and O–H groups in total. The molecule has 22 heavy (non-hydrogen) atoms. The number of hydrogen-bond donors (Lipinski definition) is 0. The standard InChI is InChI=1S/C20H38O2/c1-3-5-6-7-8-9-10-11-12-13-14-15-16-17-18-22-19-20(21)4-2/h4H,2-3,5-19H2,1H3. The van der Waals surface area contributed by atoms with Crippen molar-refractivity contribution in [3.05, 3.63) is 12.7 Å². The Morgan fingerprint density at radius 1 is 0.773 bits per heavy atom. The Labute approximate surface area is 138 Å². The van der Waals surface area contributed by atoms with Gasteiger partial charge in [0.1, 0.15) is 6.61 Å². The number of ether oxygens (including phenoxy) is 1. The summed E-state index contributed by atoms with van der Waals surface area (Å²) < 4.78 is 5.27. The molecule has 0 heterocycles. The molecule has 2 nitrogen and oxygen atoms in total. The van der Waals surface area contributed by atoms with Crippen LogP contribution in [0.15, 0.2) is 12.7 Å². The third kappa shape index (κ3) is 17.4. The van der Waals surface area contributed by atoms with Crippen LogP contribution in [0.2, 0.25) is 0 Å². The van der Waals surface area contributed by atoms with Gasteiger partial charge in [0.25, 0.3) is 0 Å². The molecule has 0 aliphatic carbocycles. The van der Waals surface area contributed by atoms with Crippen molar-refractivity contribution < 1.29 is 9.53 Å². The summed E-state index contributed by atoms with van der Waals surface area (Å²) in [6.45, 7) is 6.60. The number of ketones is 1. The molecule has 0 saturated heterocycles. The van der Waals surface area contributed by atoms with Crippen LogP contribution in [0.3, 0.4) is 0 Å². The normalized spacial score (nSPS) is 10.8. The summed E-state index contributed by atoms with van der Waals surface area (Å²) in [5.41, 5.74) is 0. The van der Waals surface area contributed by atoms with E-state index in [0.29, 0.717) is 6.61 Å². The smallest absolute Gasteiger partial charge is 0.180 e. The fraction of sp³-hybridized carbons (Fsp3) is 0.850. The van der Waals surface area contributed by atoms with Crippen molar-refractivity contribution >= 4 is 5.78 Å². The van der Waals surface area contributed by atoms with Crippen molar-refractivity contribution in [2.24, 2.45) is 0 Å². The van der Waals surface area contributed by atoms with Crippen LogP contribution in [0.25, 0.3) is 0 Å². The van der Waals surface area contributed by atoms with Crippen molar-refractivity contribution in [3.63, 3.8) is 0 Å². The van der Waals surface area contributed by atoms with Crippen LogP contribution < -0.4 is 0 Å². The zero-order chi connectivity index (χ0) is 16.3. The first-order chi connectivity index (χ1) is 10.8. The monoisotopic (exact) mass is 310 g/mol. The van der Waals surface area contributed by atoms with E-state index in [1.807, 2.05) is 0 Å². The van der Waals surface area contributed by atoms with E-state index in [0.717, 1.165) is 6.42 Å². The predicted octanol–water partition coefficient (Wildman–Crippen LogP) is 6.24. The Morgan fingerprint density at radius 2 is 1.18 bits per heavy atom. The van der Waals surface area contributed by atoms with Gasteiger partial charge in [-0.2, -0.15) is 0 Å². The molecule has 2 heteroatoms. The molecular weight excluding hydrogens is 272 g/mol. The van der Waals surface area contributed by atoms with E-state index < -0.39 is 0 Å². The topological polar surface area (TPSA) is 26.3 Å². The van der Waals surface area contributed by atoms with Gasteiger partial charge in [-0.05, 0) is 12.5 Å². The number of carbonyl (C=O) groups excluding carboxylic acids is 1. The molecule has 0 radical (unpaired) electrons. The van der Waals surface area contributed by atoms with Gasteiger partial charge in [-0.1, -0.05) is 97.0 Å². The lowest BCUT2D eigenvalue weighted by atomic mass is 10.0. The average molecular weight is 311 g/mol. The summed E-state index contributed by atoms with van der Waals surface area (Å²) in [4.78, 5) is 10.9. The highest BCUT2D eigenvalue weighted by Crippen LogP contribution is 2.12. The van der Waals surface area contributed by atoms with Crippen LogP contribution in [0.4, 0.5) is 0 Å². The van der Waals surface area contributed by atoms with Crippen LogP contribution in [-0.4, -0.2) is 19.0 Å². The summed E-state index contributed by atoms with van der Waals surface area (Å²) in [5.74, 6) is -0.0228. The Balaban J connectivity index is 2.99. The van der Waals surface area contributed by atoms with Crippen molar-refractivity contribution in [3.8, 4) is 0 Å². The molecule has 0 aromatic heterocycles. The van der Waals surface area contributed by atoms with Gasteiger partial charge in [-0.25, -0.2) is 0 Å². The minimum absolute atomic E-state index is 0.0228. The van der Waals surface area contributed by atoms with Gasteiger partial charge in [-0.15, -0.1) is 0 Å². The summed E-state index contributed by atoms with van der Waals surface area (Å²) >= 11 is 0. The van der Waals surface area contributed by atoms with Crippen molar-refractivity contribution in [2.75, 3.05) is 13.2 Å². The van der Waals surface area contributed by atoms with E-state index in [-0.39, 0.29) is 12.4 Å². The van der Waals surface area contributed by atoms with E-state index in [2.05, 4.69) is 13.5 Å². The second-order valence-corrected chi connectivity index (χ2v) is 6.32. The molecule has 0 rings (SSSR count). The Bertz CT molecular complexity index is 248. The van der Waals surface area contributed by atoms with Crippen LogP contribution in [0, 0.1) is 0 Å². The molecule has 0 aromatic carbocycles. The highest BCUT2D eigenvalue weighted by atomic mass is 16.5. The number of unbranched alkanes of at least 4 members (excludes halogenated alkanes) is 13. The first-order valence-corrected chi connectivity index (χ1v) is 9.54. The lowest BCUT2D eigenvalue weighted by Crippen LogP contribution is -2.05. The summed E-state index contributed by atoms with van der Waals surface area (Å²) in [5, 5.41) is 0. The van der Waals surface area contributed by atoms with Crippen LogP contribution >= 0.6 is 0 Å². The summed E-state index contributed by atoms with van der Waals surface area (Å²) in [7, 11) is 0. The Morgan fingerprint density at radius 3 is 1.59 bits per heavy atom. The Hall–Kier alpha value is -0.630. The van der Waals surface area contributed by atoms with Crippen molar-refractivity contribution in [1.29, 1.82) is 0 Å². The van der Waals surface area contributed by atoms with Crippen LogP contribution in [-0.2, 0) is 9.53 Å². The second kappa shape index (κ2) is 18.4. The maximum atomic E-state index is 10.9. The Kier molecular flexibility index (Phi) is 17.9. The van der Waals surface area contributed by atoms with Gasteiger partial charge < -0.3 is 4.74 Å². The van der Waals surface area contributed by atoms with Gasteiger partial charge in [0.2, 0.25) is 0 Å². The third-order valence-corrected chi connectivity index (χ3v) is 4.11. The largest absolute Gasteiger partial charge is 0.373 e. The molecule has 0 aliphatic heterocycles. The van der Waals surface area contributed by atoms with Gasteiger partial charge in [0.05, 0.1) is 0 Å². The van der Waals surface area contributed by atoms with Gasteiger partial charge in [0, 0.05) is 6.61 Å². The number of rotatable bonds is 18. The van der Waals surface area contributed by atoms with E-state index in [1.54, 1.807) is 0 Å². The molecule has 0 atom stereocenters. The molecule has 0 amide bonds. The fourth-order valence-electron chi connectivity index (χ4n) is 2.63.